The van der Waals surface area contributed by atoms with E-state index in [9.17, 15) is 0 Å². The predicted octanol–water partition coefficient (Wildman–Crippen LogP) is 5.20. The summed E-state index contributed by atoms with van der Waals surface area (Å²) in [7, 11) is 1.71. The number of benzene rings is 1. The maximum Gasteiger partial charge on any atom is 0.147 e. The summed E-state index contributed by atoms with van der Waals surface area (Å²) < 4.78 is 7.69. The minimum absolute atomic E-state index is 0.324. The molecule has 1 aliphatic rings. The van der Waals surface area contributed by atoms with Gasteiger partial charge in [0, 0.05) is 36.1 Å². The molecule has 2 radical (unpaired) electrons. The molecule has 4 rings (SSSR count). The Morgan fingerprint density at radius 1 is 1.00 bits per heavy atom. The van der Waals surface area contributed by atoms with Gasteiger partial charge in [-0.05, 0) is 88.3 Å². The quantitative estimate of drug-likeness (QED) is 0.631. The normalized spacial score (nSPS) is 15.4. The average Bonchev–Trinajstić information content (AvgIpc) is 2.97. The van der Waals surface area contributed by atoms with E-state index < -0.39 is 0 Å². The number of rotatable bonds is 3. The summed E-state index contributed by atoms with van der Waals surface area (Å²) in [5, 5.41) is 1.25. The minimum Gasteiger partial charge on any atom is -0.497 e. The number of hydrogen-bond donors (Lipinski definition) is 0. The first-order chi connectivity index (χ1) is 13.4. The second-order valence-corrected chi connectivity index (χ2v) is 8.10. The van der Waals surface area contributed by atoms with E-state index in [0.717, 1.165) is 43.0 Å². The largest absolute Gasteiger partial charge is 0.497 e. The Labute approximate surface area is 168 Å². The zero-order chi connectivity index (χ0) is 20.0. The van der Waals surface area contributed by atoms with Crippen LogP contribution >= 0.6 is 0 Å². The van der Waals surface area contributed by atoms with Crippen molar-refractivity contribution in [1.82, 2.24) is 9.55 Å². The highest BCUT2D eigenvalue weighted by atomic mass is 16.5. The van der Waals surface area contributed by atoms with Crippen molar-refractivity contribution in [2.24, 2.45) is 5.92 Å². The number of piperidine rings is 1. The van der Waals surface area contributed by atoms with E-state index in [1.807, 2.05) is 0 Å². The van der Waals surface area contributed by atoms with Crippen LogP contribution in [-0.2, 0) is 0 Å². The van der Waals surface area contributed by atoms with Crippen LogP contribution < -0.4 is 9.64 Å². The smallest absolute Gasteiger partial charge is 0.147 e. The molecule has 3 aromatic rings. The van der Waals surface area contributed by atoms with Gasteiger partial charge in [0.05, 0.1) is 12.8 Å². The van der Waals surface area contributed by atoms with Crippen LogP contribution in [0.2, 0.25) is 0 Å². The van der Waals surface area contributed by atoms with Crippen molar-refractivity contribution in [2.75, 3.05) is 25.1 Å². The maximum absolute atomic E-state index is 6.13. The fourth-order valence-corrected chi connectivity index (χ4v) is 4.49. The molecule has 0 bridgehead atoms. The van der Waals surface area contributed by atoms with Gasteiger partial charge < -0.3 is 14.2 Å². The molecular weight excluding hydrogens is 346 g/mol. The van der Waals surface area contributed by atoms with E-state index in [2.05, 4.69) is 61.6 Å². The van der Waals surface area contributed by atoms with Crippen LogP contribution in [0.3, 0.4) is 0 Å². The van der Waals surface area contributed by atoms with Crippen molar-refractivity contribution in [1.29, 1.82) is 0 Å². The molecule has 28 heavy (non-hydrogen) atoms. The number of ether oxygens (including phenoxy) is 1. The van der Waals surface area contributed by atoms with Gasteiger partial charge in [-0.1, -0.05) is 0 Å². The summed E-state index contributed by atoms with van der Waals surface area (Å²) in [5.41, 5.74) is 8.16. The molecule has 0 N–H and O–H groups in total. The third-order valence-corrected chi connectivity index (χ3v) is 5.87. The van der Waals surface area contributed by atoms with Crippen LogP contribution in [0.1, 0.15) is 35.2 Å². The molecule has 3 heterocycles. The predicted molar refractivity (Wildman–Crippen MR) is 116 cm³/mol. The lowest BCUT2D eigenvalue weighted by molar-refractivity contribution is 0.414. The van der Waals surface area contributed by atoms with Gasteiger partial charge in [-0.25, -0.2) is 4.98 Å². The molecule has 1 saturated heterocycles. The zero-order valence-corrected chi connectivity index (χ0v) is 17.5. The van der Waals surface area contributed by atoms with Crippen molar-refractivity contribution >= 4 is 16.7 Å². The molecule has 0 unspecified atom stereocenters. The van der Waals surface area contributed by atoms with Crippen LogP contribution in [0.5, 0.6) is 5.75 Å². The van der Waals surface area contributed by atoms with E-state index in [4.69, 9.17) is 16.6 Å². The second kappa shape index (κ2) is 7.16. The molecule has 1 fully saturated rings. The first-order valence-corrected chi connectivity index (χ1v) is 10.0. The fourth-order valence-electron chi connectivity index (χ4n) is 4.49. The third-order valence-electron chi connectivity index (χ3n) is 5.87. The number of fused-ring (bicyclic) bond motifs is 1. The van der Waals surface area contributed by atoms with Crippen molar-refractivity contribution in [2.45, 2.75) is 40.5 Å². The van der Waals surface area contributed by atoms with Crippen molar-refractivity contribution in [3.05, 3.63) is 53.7 Å². The Morgan fingerprint density at radius 3 is 2.25 bits per heavy atom. The summed E-state index contributed by atoms with van der Waals surface area (Å²) in [6.07, 6.45) is 4.30. The molecule has 4 heteroatoms. The van der Waals surface area contributed by atoms with E-state index >= 15 is 0 Å². The lowest BCUT2D eigenvalue weighted by Crippen LogP contribution is -2.33. The van der Waals surface area contributed by atoms with Gasteiger partial charge in [0.15, 0.2) is 0 Å². The van der Waals surface area contributed by atoms with Crippen molar-refractivity contribution in [3.8, 4) is 11.4 Å². The van der Waals surface area contributed by atoms with Crippen LogP contribution in [0.15, 0.2) is 24.4 Å². The number of anilines is 1. The molecule has 1 aromatic carbocycles. The Kier molecular flexibility index (Phi) is 4.82. The summed E-state index contributed by atoms with van der Waals surface area (Å²) in [6.45, 7) is 16.7. The van der Waals surface area contributed by atoms with E-state index in [1.54, 1.807) is 7.11 Å². The average molecular weight is 376 g/mol. The van der Waals surface area contributed by atoms with Gasteiger partial charge >= 0.3 is 0 Å². The molecule has 1 aliphatic heterocycles. The lowest BCUT2D eigenvalue weighted by Gasteiger charge is -2.32. The van der Waals surface area contributed by atoms with E-state index in [1.165, 1.54) is 33.5 Å². The molecule has 0 saturated carbocycles. The highest BCUT2D eigenvalue weighted by Gasteiger charge is 2.22. The van der Waals surface area contributed by atoms with Gasteiger partial charge in [0.25, 0.3) is 0 Å². The zero-order valence-electron chi connectivity index (χ0n) is 17.5. The summed E-state index contributed by atoms with van der Waals surface area (Å²) >= 11 is 0. The Bertz CT molecular complexity index is 1000. The number of aryl methyl sites for hydroxylation is 4. The van der Waals surface area contributed by atoms with Gasteiger partial charge in [-0.15, -0.1) is 0 Å². The first-order valence-electron chi connectivity index (χ1n) is 10.0. The third kappa shape index (κ3) is 3.15. The van der Waals surface area contributed by atoms with Crippen LogP contribution in [0.4, 0.5) is 5.69 Å². The molecule has 146 valence electrons. The standard InChI is InChI=1S/C24H29N3O/c1-15-7-9-26(10-8-15)21-13-19(5)25-24-22(21)18(4)14-27(24)23-16(2)11-20(28-6)12-17(23)3/h1,11-15H,7-10H2,2-6H3. The highest BCUT2D eigenvalue weighted by molar-refractivity contribution is 5.95. The molecule has 4 nitrogen and oxygen atoms in total. The maximum atomic E-state index is 6.13. The van der Waals surface area contributed by atoms with E-state index in [-0.39, 0.29) is 0 Å². The summed E-state index contributed by atoms with van der Waals surface area (Å²) in [6, 6.07) is 6.41. The number of methoxy groups -OCH3 is 1. The fraction of sp³-hybridized carbons (Fsp3) is 0.417. The molecule has 0 spiro atoms. The van der Waals surface area contributed by atoms with Gasteiger partial charge in [-0.2, -0.15) is 0 Å². The van der Waals surface area contributed by atoms with Crippen LogP contribution in [-0.4, -0.2) is 29.8 Å². The second-order valence-electron chi connectivity index (χ2n) is 8.10. The Hall–Kier alpha value is -2.49. The van der Waals surface area contributed by atoms with Crippen LogP contribution in [0, 0.1) is 40.5 Å². The number of pyridine rings is 1. The van der Waals surface area contributed by atoms with Crippen molar-refractivity contribution < 1.29 is 4.74 Å². The monoisotopic (exact) mass is 375 g/mol. The minimum atomic E-state index is 0.324. The highest BCUT2D eigenvalue weighted by Crippen LogP contribution is 2.36. The lowest BCUT2D eigenvalue weighted by atomic mass is 9.98. The molecule has 0 aliphatic carbocycles. The molecule has 0 amide bonds. The Morgan fingerprint density at radius 2 is 1.64 bits per heavy atom. The first kappa shape index (κ1) is 18.9. The van der Waals surface area contributed by atoms with Gasteiger partial charge in [0.2, 0.25) is 0 Å². The van der Waals surface area contributed by atoms with E-state index in [0.29, 0.717) is 5.92 Å². The number of nitrogens with zero attached hydrogens (tertiary/aromatic N) is 3. The molecule has 0 atom stereocenters. The van der Waals surface area contributed by atoms with Crippen molar-refractivity contribution in [3.63, 3.8) is 0 Å². The molecule has 2 aromatic heterocycles. The van der Waals surface area contributed by atoms with Gasteiger partial charge in [-0.3, -0.25) is 0 Å². The van der Waals surface area contributed by atoms with Gasteiger partial charge in [0.1, 0.15) is 11.4 Å². The summed E-state index contributed by atoms with van der Waals surface area (Å²) in [5.74, 6) is 1.21. The van der Waals surface area contributed by atoms with Crippen LogP contribution in [0.25, 0.3) is 16.7 Å². The number of aromatic nitrogens is 2. The topological polar surface area (TPSA) is 30.3 Å². The molecular formula is C24H29N3O. The number of hydrogen-bond acceptors (Lipinski definition) is 3. The SMILES string of the molecule is [CH]C1CCN(c2cc(C)nc3c2c(C)cn3-c2c(C)cc(OC)cc2C)CC1. The summed E-state index contributed by atoms with van der Waals surface area (Å²) in [4.78, 5) is 7.43. The Balaban J connectivity index is 1.91.